The van der Waals surface area contributed by atoms with Crippen molar-refractivity contribution in [3.63, 3.8) is 0 Å². The SMILES string of the molecule is O=C(O)c1cncnc1-c1ccc(Cl)s1. The molecule has 0 atom stereocenters. The fourth-order valence-electron chi connectivity index (χ4n) is 1.12. The number of rotatable bonds is 2. The number of thiophene rings is 1. The Kier molecular flexibility index (Phi) is 2.66. The fraction of sp³-hybridized carbons (Fsp3) is 0. The summed E-state index contributed by atoms with van der Waals surface area (Å²) < 4.78 is 0.597. The van der Waals surface area contributed by atoms with Gasteiger partial charge in [-0.25, -0.2) is 14.8 Å². The molecule has 0 saturated heterocycles. The van der Waals surface area contributed by atoms with Crippen LogP contribution in [0.5, 0.6) is 0 Å². The van der Waals surface area contributed by atoms with E-state index in [1.54, 1.807) is 12.1 Å². The van der Waals surface area contributed by atoms with Crippen molar-refractivity contribution in [2.75, 3.05) is 0 Å². The Labute approximate surface area is 94.2 Å². The van der Waals surface area contributed by atoms with Gasteiger partial charge >= 0.3 is 5.97 Å². The molecule has 6 heteroatoms. The first-order chi connectivity index (χ1) is 7.18. The van der Waals surface area contributed by atoms with Gasteiger partial charge in [0.15, 0.2) is 0 Å². The topological polar surface area (TPSA) is 63.1 Å². The van der Waals surface area contributed by atoms with E-state index in [-0.39, 0.29) is 5.56 Å². The van der Waals surface area contributed by atoms with Crippen LogP contribution < -0.4 is 0 Å². The molecule has 2 aromatic rings. The molecule has 0 aliphatic carbocycles. The Hall–Kier alpha value is -1.46. The van der Waals surface area contributed by atoms with Gasteiger partial charge in [0.25, 0.3) is 0 Å². The summed E-state index contributed by atoms with van der Waals surface area (Å²) in [5.41, 5.74) is 0.477. The zero-order valence-electron chi connectivity index (χ0n) is 7.35. The highest BCUT2D eigenvalue weighted by Gasteiger charge is 2.14. The second-order valence-corrected chi connectivity index (χ2v) is 4.41. The maximum atomic E-state index is 10.9. The van der Waals surface area contributed by atoms with Gasteiger partial charge in [-0.1, -0.05) is 11.6 Å². The van der Waals surface area contributed by atoms with E-state index in [0.717, 1.165) is 4.88 Å². The monoisotopic (exact) mass is 240 g/mol. The molecule has 0 saturated carbocycles. The van der Waals surface area contributed by atoms with Gasteiger partial charge in [0.2, 0.25) is 0 Å². The fourth-order valence-corrected chi connectivity index (χ4v) is 2.18. The molecule has 1 N–H and O–H groups in total. The van der Waals surface area contributed by atoms with Gasteiger partial charge in [-0.2, -0.15) is 0 Å². The number of carboxylic acid groups (broad SMARTS) is 1. The van der Waals surface area contributed by atoms with Gasteiger partial charge in [0.05, 0.1) is 14.9 Å². The molecule has 4 nitrogen and oxygen atoms in total. The average Bonchev–Trinajstić information content (AvgIpc) is 2.65. The molecule has 2 heterocycles. The number of nitrogens with zero attached hydrogens (tertiary/aromatic N) is 2. The second-order valence-electron chi connectivity index (χ2n) is 2.69. The average molecular weight is 241 g/mol. The Morgan fingerprint density at radius 2 is 2.27 bits per heavy atom. The van der Waals surface area contributed by atoms with Crippen LogP contribution in [0.4, 0.5) is 0 Å². The van der Waals surface area contributed by atoms with E-state index < -0.39 is 5.97 Å². The predicted octanol–water partition coefficient (Wildman–Crippen LogP) is 2.56. The van der Waals surface area contributed by atoms with Crippen molar-refractivity contribution in [1.29, 1.82) is 0 Å². The van der Waals surface area contributed by atoms with Gasteiger partial charge in [-0.05, 0) is 12.1 Å². The number of aromatic nitrogens is 2. The van der Waals surface area contributed by atoms with Gasteiger partial charge in [0.1, 0.15) is 11.9 Å². The molecule has 0 amide bonds. The lowest BCUT2D eigenvalue weighted by molar-refractivity contribution is 0.0697. The molecule has 0 unspecified atom stereocenters. The van der Waals surface area contributed by atoms with Crippen molar-refractivity contribution in [2.24, 2.45) is 0 Å². The van der Waals surface area contributed by atoms with E-state index in [4.69, 9.17) is 16.7 Å². The van der Waals surface area contributed by atoms with Crippen molar-refractivity contribution in [3.05, 3.63) is 34.6 Å². The predicted molar refractivity (Wildman–Crippen MR) is 57.3 cm³/mol. The molecular weight excluding hydrogens is 236 g/mol. The van der Waals surface area contributed by atoms with Crippen LogP contribution in [0.2, 0.25) is 4.34 Å². The number of hydrogen-bond donors (Lipinski definition) is 1. The molecule has 2 rings (SSSR count). The van der Waals surface area contributed by atoms with Crippen LogP contribution in [-0.4, -0.2) is 21.0 Å². The maximum Gasteiger partial charge on any atom is 0.339 e. The zero-order chi connectivity index (χ0) is 10.8. The summed E-state index contributed by atoms with van der Waals surface area (Å²) >= 11 is 7.05. The number of carboxylic acids is 1. The van der Waals surface area contributed by atoms with Gasteiger partial charge < -0.3 is 5.11 Å². The molecule has 0 spiro atoms. The highest BCUT2D eigenvalue weighted by molar-refractivity contribution is 7.19. The number of aromatic carboxylic acids is 1. The number of halogens is 1. The lowest BCUT2D eigenvalue weighted by Crippen LogP contribution is -2.01. The molecule has 0 fully saturated rings. The van der Waals surface area contributed by atoms with Crippen LogP contribution in [0.25, 0.3) is 10.6 Å². The molecule has 0 aromatic carbocycles. The van der Waals surface area contributed by atoms with Gasteiger partial charge in [-0.3, -0.25) is 0 Å². The molecule has 0 radical (unpaired) electrons. The minimum atomic E-state index is -1.05. The van der Waals surface area contributed by atoms with E-state index >= 15 is 0 Å². The number of carbonyl (C=O) groups is 1. The third-order valence-corrected chi connectivity index (χ3v) is 2.99. The Bertz CT molecular complexity index is 512. The summed E-state index contributed by atoms with van der Waals surface area (Å²) in [6.07, 6.45) is 2.59. The van der Waals surface area contributed by atoms with Gasteiger partial charge in [0, 0.05) is 6.20 Å². The van der Waals surface area contributed by atoms with E-state index in [1.165, 1.54) is 23.9 Å². The molecule has 0 bridgehead atoms. The number of hydrogen-bond acceptors (Lipinski definition) is 4. The largest absolute Gasteiger partial charge is 0.478 e. The molecule has 15 heavy (non-hydrogen) atoms. The lowest BCUT2D eigenvalue weighted by atomic mass is 10.2. The summed E-state index contributed by atoms with van der Waals surface area (Å²) in [6.45, 7) is 0. The summed E-state index contributed by atoms with van der Waals surface area (Å²) in [5.74, 6) is -1.05. The highest BCUT2D eigenvalue weighted by Crippen LogP contribution is 2.31. The van der Waals surface area contributed by atoms with Gasteiger partial charge in [-0.15, -0.1) is 11.3 Å². The second kappa shape index (κ2) is 3.96. The zero-order valence-corrected chi connectivity index (χ0v) is 8.92. The summed E-state index contributed by atoms with van der Waals surface area (Å²) in [4.78, 5) is 19.2. The molecule has 76 valence electrons. The van der Waals surface area contributed by atoms with Crippen LogP contribution in [-0.2, 0) is 0 Å². The van der Waals surface area contributed by atoms with Crippen LogP contribution >= 0.6 is 22.9 Å². The Balaban J connectivity index is 2.57. The lowest BCUT2D eigenvalue weighted by Gasteiger charge is -2.00. The summed E-state index contributed by atoms with van der Waals surface area (Å²) in [6, 6.07) is 3.44. The standard InChI is InChI=1S/C9H5ClN2O2S/c10-7-2-1-6(15-7)8-5(9(13)14)3-11-4-12-8/h1-4H,(H,13,14). The first-order valence-corrected chi connectivity index (χ1v) is 5.17. The van der Waals surface area contributed by atoms with E-state index in [9.17, 15) is 4.79 Å². The smallest absolute Gasteiger partial charge is 0.339 e. The van der Waals surface area contributed by atoms with E-state index in [2.05, 4.69) is 9.97 Å². The van der Waals surface area contributed by atoms with Crippen molar-refractivity contribution in [2.45, 2.75) is 0 Å². The highest BCUT2D eigenvalue weighted by atomic mass is 35.5. The minimum absolute atomic E-state index is 0.0796. The van der Waals surface area contributed by atoms with Crippen LogP contribution in [0.3, 0.4) is 0 Å². The van der Waals surface area contributed by atoms with Crippen LogP contribution in [0, 0.1) is 0 Å². The van der Waals surface area contributed by atoms with Crippen molar-refractivity contribution in [3.8, 4) is 10.6 Å². The molecule has 0 aliphatic heterocycles. The summed E-state index contributed by atoms with van der Waals surface area (Å²) in [5, 5.41) is 8.93. The van der Waals surface area contributed by atoms with E-state index in [1.807, 2.05) is 0 Å². The van der Waals surface area contributed by atoms with E-state index in [0.29, 0.717) is 10.0 Å². The van der Waals surface area contributed by atoms with Crippen LogP contribution in [0.1, 0.15) is 10.4 Å². The van der Waals surface area contributed by atoms with Crippen LogP contribution in [0.15, 0.2) is 24.7 Å². The molecule has 0 aliphatic rings. The summed E-state index contributed by atoms with van der Waals surface area (Å²) in [7, 11) is 0. The maximum absolute atomic E-state index is 10.9. The first kappa shape index (κ1) is 10.1. The Morgan fingerprint density at radius 1 is 1.47 bits per heavy atom. The van der Waals surface area contributed by atoms with Crippen molar-refractivity contribution in [1.82, 2.24) is 9.97 Å². The molecule has 2 aromatic heterocycles. The third-order valence-electron chi connectivity index (χ3n) is 1.75. The normalized spacial score (nSPS) is 10.2. The van der Waals surface area contributed by atoms with Crippen molar-refractivity contribution < 1.29 is 9.90 Å². The first-order valence-electron chi connectivity index (χ1n) is 3.97. The van der Waals surface area contributed by atoms with Crippen molar-refractivity contribution >= 4 is 28.9 Å². The molecular formula is C9H5ClN2O2S. The quantitative estimate of drug-likeness (QED) is 0.876. The minimum Gasteiger partial charge on any atom is -0.478 e. The third kappa shape index (κ3) is 1.98. The Morgan fingerprint density at radius 3 is 2.87 bits per heavy atom.